The van der Waals surface area contributed by atoms with E-state index < -0.39 is 86.8 Å². The van der Waals surface area contributed by atoms with Gasteiger partial charge in [0.05, 0.1) is 32.0 Å². The molecule has 0 saturated carbocycles. The minimum atomic E-state index is -1.78. The fourth-order valence-corrected chi connectivity index (χ4v) is 8.00. The van der Waals surface area contributed by atoms with Crippen LogP contribution in [0, 0.1) is 0 Å². The predicted molar refractivity (Wildman–Crippen MR) is 231 cm³/mol. The summed E-state index contributed by atoms with van der Waals surface area (Å²) in [5.41, 5.74) is 0. The van der Waals surface area contributed by atoms with Crippen molar-refractivity contribution in [2.24, 2.45) is 0 Å². The van der Waals surface area contributed by atoms with E-state index in [1.54, 1.807) is 6.08 Å². The van der Waals surface area contributed by atoms with E-state index in [2.05, 4.69) is 19.2 Å². The molecule has 0 spiro atoms. The first-order valence-corrected chi connectivity index (χ1v) is 23.9. The summed E-state index contributed by atoms with van der Waals surface area (Å²) in [5.74, 6) is -0.243. The van der Waals surface area contributed by atoms with E-state index in [1.807, 2.05) is 6.08 Å². The fourth-order valence-electron chi connectivity index (χ4n) is 8.00. The summed E-state index contributed by atoms with van der Waals surface area (Å²) in [6, 6.07) is -0.905. The van der Waals surface area contributed by atoms with Crippen LogP contribution in [0.3, 0.4) is 0 Å². The second-order valence-electron chi connectivity index (χ2n) is 17.2. The number of unbranched alkanes of at least 4 members (excludes halogenated alkanes) is 23. The van der Waals surface area contributed by atoms with Crippen molar-refractivity contribution in [2.75, 3.05) is 19.8 Å². The molecule has 0 bridgehead atoms. The Balaban J connectivity index is 1.75. The lowest BCUT2D eigenvalue weighted by atomic mass is 9.97. The monoisotopic (exact) mass is 862 g/mol. The van der Waals surface area contributed by atoms with Crippen molar-refractivity contribution in [1.82, 2.24) is 5.32 Å². The highest BCUT2D eigenvalue weighted by atomic mass is 16.7. The van der Waals surface area contributed by atoms with Gasteiger partial charge in [0, 0.05) is 6.42 Å². The molecule has 0 aliphatic carbocycles. The van der Waals surface area contributed by atoms with Crippen molar-refractivity contribution >= 4 is 5.91 Å². The van der Waals surface area contributed by atoms with Crippen molar-refractivity contribution in [3.8, 4) is 0 Å². The number of rotatable bonds is 36. The number of hydrogen-bond donors (Lipinski definition) is 9. The van der Waals surface area contributed by atoms with Gasteiger partial charge in [0.25, 0.3) is 0 Å². The second kappa shape index (κ2) is 34.2. The van der Waals surface area contributed by atoms with Gasteiger partial charge >= 0.3 is 0 Å². The predicted octanol–water partition coefficient (Wildman–Crippen LogP) is 5.21. The smallest absolute Gasteiger partial charge is 0.220 e. The molecule has 0 radical (unpaired) electrons. The van der Waals surface area contributed by atoms with Crippen LogP contribution >= 0.6 is 0 Å². The maximum atomic E-state index is 13.1. The highest BCUT2D eigenvalue weighted by Gasteiger charge is 2.51. The molecule has 12 unspecified atom stereocenters. The second-order valence-corrected chi connectivity index (χ2v) is 17.2. The molecule has 2 aliphatic rings. The molecule has 0 aromatic heterocycles. The summed E-state index contributed by atoms with van der Waals surface area (Å²) in [6.07, 6.45) is 17.4. The van der Waals surface area contributed by atoms with E-state index >= 15 is 0 Å². The van der Waals surface area contributed by atoms with E-state index in [0.29, 0.717) is 6.42 Å². The molecule has 2 rings (SSSR count). The van der Waals surface area contributed by atoms with Crippen LogP contribution < -0.4 is 5.32 Å². The molecule has 0 aromatic rings. The zero-order valence-corrected chi connectivity index (χ0v) is 37.2. The topological polar surface area (TPSA) is 228 Å². The van der Waals surface area contributed by atoms with Crippen LogP contribution in [-0.4, -0.2) is 140 Å². The van der Waals surface area contributed by atoms with Crippen LogP contribution in [0.25, 0.3) is 0 Å². The number of aliphatic hydroxyl groups excluding tert-OH is 8. The molecular formula is C46H87NO13. The standard InChI is InChI=1S/C46H87NO13/c1-3-5-7-9-11-12-13-14-15-16-17-18-19-20-21-22-23-24-26-28-30-38(51)47-34(35(50)29-27-25-10-8-6-4-2)33-57-45-43(56)41(54)44(37(32-49)59-45)60-46-42(55)40(53)39(52)36(31-48)58-46/h27,29,34-37,39-46,48-50,52-56H,3-26,28,30-33H2,1-2H3,(H,47,51)/b29-27+. The Morgan fingerprint density at radius 1 is 0.583 bits per heavy atom. The summed E-state index contributed by atoms with van der Waals surface area (Å²) in [5, 5.41) is 86.2. The summed E-state index contributed by atoms with van der Waals surface area (Å²) in [6.45, 7) is 2.69. The molecule has 354 valence electrons. The summed E-state index contributed by atoms with van der Waals surface area (Å²) < 4.78 is 22.5. The number of amides is 1. The molecule has 1 amide bonds. The van der Waals surface area contributed by atoms with Gasteiger partial charge in [-0.25, -0.2) is 0 Å². The molecule has 0 aromatic carbocycles. The minimum Gasteiger partial charge on any atom is -0.394 e. The average Bonchev–Trinajstić information content (AvgIpc) is 3.24. The number of aliphatic hydroxyl groups is 8. The van der Waals surface area contributed by atoms with E-state index in [0.717, 1.165) is 51.4 Å². The van der Waals surface area contributed by atoms with E-state index in [1.165, 1.54) is 103 Å². The number of carbonyl (C=O) groups excluding carboxylic acids is 1. The number of nitrogens with one attached hydrogen (secondary N) is 1. The highest BCUT2D eigenvalue weighted by Crippen LogP contribution is 2.30. The zero-order chi connectivity index (χ0) is 44.0. The SMILES string of the molecule is CCCCCC/C=C/C(O)C(COC1OC(CO)C(OC2OC(CO)C(O)C(O)C2O)C(O)C1O)NC(=O)CCCCCCCCCCCCCCCCCCCCCC. The molecule has 2 saturated heterocycles. The molecule has 2 aliphatic heterocycles. The molecule has 2 fully saturated rings. The van der Waals surface area contributed by atoms with Crippen LogP contribution in [0.15, 0.2) is 12.2 Å². The van der Waals surface area contributed by atoms with Crippen LogP contribution in [-0.2, 0) is 23.7 Å². The van der Waals surface area contributed by atoms with Gasteiger partial charge < -0.3 is 65.1 Å². The third-order valence-corrected chi connectivity index (χ3v) is 12.0. The maximum Gasteiger partial charge on any atom is 0.220 e. The summed E-state index contributed by atoms with van der Waals surface area (Å²) in [7, 11) is 0. The third-order valence-electron chi connectivity index (χ3n) is 12.0. The van der Waals surface area contributed by atoms with Gasteiger partial charge in [0.1, 0.15) is 48.8 Å². The number of hydrogen-bond acceptors (Lipinski definition) is 13. The van der Waals surface area contributed by atoms with Crippen molar-refractivity contribution in [2.45, 2.75) is 254 Å². The van der Waals surface area contributed by atoms with Crippen molar-refractivity contribution in [1.29, 1.82) is 0 Å². The molecule has 14 heteroatoms. The van der Waals surface area contributed by atoms with E-state index in [9.17, 15) is 45.6 Å². The Morgan fingerprint density at radius 3 is 1.53 bits per heavy atom. The van der Waals surface area contributed by atoms with Gasteiger partial charge in [-0.05, 0) is 19.3 Å². The summed E-state index contributed by atoms with van der Waals surface area (Å²) >= 11 is 0. The van der Waals surface area contributed by atoms with E-state index in [4.69, 9.17) is 18.9 Å². The molecule has 60 heavy (non-hydrogen) atoms. The normalized spacial score (nSPS) is 28.3. The van der Waals surface area contributed by atoms with Crippen molar-refractivity contribution in [3.05, 3.63) is 12.2 Å². The van der Waals surface area contributed by atoms with Crippen LogP contribution in [0.5, 0.6) is 0 Å². The first-order valence-electron chi connectivity index (χ1n) is 23.9. The Hall–Kier alpha value is -1.27. The molecule has 12 atom stereocenters. The van der Waals surface area contributed by atoms with Gasteiger partial charge in [-0.2, -0.15) is 0 Å². The lowest BCUT2D eigenvalue weighted by Crippen LogP contribution is -2.65. The van der Waals surface area contributed by atoms with Crippen molar-refractivity contribution in [3.63, 3.8) is 0 Å². The molecule has 9 N–H and O–H groups in total. The fraction of sp³-hybridized carbons (Fsp3) is 0.935. The Morgan fingerprint density at radius 2 is 1.03 bits per heavy atom. The lowest BCUT2D eigenvalue weighted by molar-refractivity contribution is -0.359. The highest BCUT2D eigenvalue weighted by molar-refractivity contribution is 5.76. The quantitative estimate of drug-likeness (QED) is 0.0292. The third kappa shape index (κ3) is 21.9. The number of allylic oxidation sites excluding steroid dienone is 1. The van der Waals surface area contributed by atoms with E-state index in [-0.39, 0.29) is 18.9 Å². The Labute approximate surface area is 361 Å². The average molecular weight is 862 g/mol. The molecular weight excluding hydrogens is 774 g/mol. The molecule has 14 nitrogen and oxygen atoms in total. The first-order chi connectivity index (χ1) is 29.1. The van der Waals surface area contributed by atoms with Gasteiger partial charge in [-0.3, -0.25) is 4.79 Å². The Kier molecular flexibility index (Phi) is 31.3. The lowest BCUT2D eigenvalue weighted by Gasteiger charge is -2.46. The molecule has 2 heterocycles. The Bertz CT molecular complexity index is 1070. The minimum absolute atomic E-state index is 0.243. The van der Waals surface area contributed by atoms with Gasteiger partial charge in [0.2, 0.25) is 5.91 Å². The van der Waals surface area contributed by atoms with Gasteiger partial charge in [-0.15, -0.1) is 0 Å². The van der Waals surface area contributed by atoms with Gasteiger partial charge in [0.15, 0.2) is 12.6 Å². The van der Waals surface area contributed by atoms with Crippen LogP contribution in [0.4, 0.5) is 0 Å². The number of carbonyl (C=O) groups is 1. The largest absolute Gasteiger partial charge is 0.394 e. The van der Waals surface area contributed by atoms with Crippen LogP contribution in [0.1, 0.15) is 181 Å². The first kappa shape index (κ1) is 54.9. The zero-order valence-electron chi connectivity index (χ0n) is 37.2. The van der Waals surface area contributed by atoms with Gasteiger partial charge in [-0.1, -0.05) is 167 Å². The maximum absolute atomic E-state index is 13.1. The van der Waals surface area contributed by atoms with Crippen molar-refractivity contribution < 1.29 is 64.6 Å². The summed E-state index contributed by atoms with van der Waals surface area (Å²) in [4.78, 5) is 13.1. The number of ether oxygens (including phenoxy) is 4. The van der Waals surface area contributed by atoms with Crippen LogP contribution in [0.2, 0.25) is 0 Å².